The Bertz CT molecular complexity index is 962. The van der Waals surface area contributed by atoms with Crippen molar-refractivity contribution in [2.24, 2.45) is 0 Å². The molecule has 2 aromatic heterocycles. The van der Waals surface area contributed by atoms with Crippen LogP contribution >= 0.6 is 0 Å². The lowest BCUT2D eigenvalue weighted by molar-refractivity contribution is -0.121. The predicted octanol–water partition coefficient (Wildman–Crippen LogP) is 3.43. The smallest absolute Gasteiger partial charge is 0.240 e. The van der Waals surface area contributed by atoms with E-state index in [0.717, 1.165) is 48.4 Å². The number of aromatic nitrogens is 2. The Morgan fingerprint density at radius 2 is 2.03 bits per heavy atom. The summed E-state index contributed by atoms with van der Waals surface area (Å²) in [6.07, 6.45) is 3.81. The molecule has 0 aliphatic carbocycles. The number of pyridine rings is 1. The Morgan fingerprint density at radius 1 is 1.24 bits per heavy atom. The molecule has 1 saturated heterocycles. The van der Waals surface area contributed by atoms with E-state index in [1.54, 1.807) is 0 Å². The van der Waals surface area contributed by atoms with Crippen LogP contribution in [0, 0.1) is 6.92 Å². The van der Waals surface area contributed by atoms with Crippen LogP contribution in [0.4, 0.5) is 0 Å². The van der Waals surface area contributed by atoms with Crippen LogP contribution in [0.5, 0.6) is 5.75 Å². The fraction of sp³-hybridized carbons (Fsp3) is 0.391. The molecule has 1 aromatic carbocycles. The summed E-state index contributed by atoms with van der Waals surface area (Å²) in [4.78, 5) is 17.2. The zero-order valence-electron chi connectivity index (χ0n) is 16.8. The number of hydrogen-bond acceptors (Lipinski definition) is 4. The van der Waals surface area contributed by atoms with Crippen molar-refractivity contribution >= 4 is 16.9 Å². The van der Waals surface area contributed by atoms with Crippen molar-refractivity contribution in [1.29, 1.82) is 0 Å². The summed E-state index contributed by atoms with van der Waals surface area (Å²) < 4.78 is 13.2. The standard InChI is InChI=1S/C23H27N3O3/c1-17-13-19-14-21(18-7-10-28-11-8-18)26(23(19)25-15-17)16-22(27)24-9-12-29-20-5-3-2-4-6-20/h2-6,13-15,18H,7-12,16H2,1H3,(H,24,27). The topological polar surface area (TPSA) is 65.4 Å². The van der Waals surface area contributed by atoms with Gasteiger partial charge in [-0.25, -0.2) is 4.98 Å². The van der Waals surface area contributed by atoms with Crippen molar-refractivity contribution in [2.45, 2.75) is 32.2 Å². The number of amides is 1. The summed E-state index contributed by atoms with van der Waals surface area (Å²) >= 11 is 0. The maximum absolute atomic E-state index is 12.6. The highest BCUT2D eigenvalue weighted by atomic mass is 16.5. The third-order valence-corrected chi connectivity index (χ3v) is 5.28. The quantitative estimate of drug-likeness (QED) is 0.625. The zero-order valence-corrected chi connectivity index (χ0v) is 16.8. The van der Waals surface area contributed by atoms with Crippen LogP contribution in [-0.4, -0.2) is 41.8 Å². The van der Waals surface area contributed by atoms with E-state index in [9.17, 15) is 4.79 Å². The lowest BCUT2D eigenvalue weighted by Gasteiger charge is -2.23. The predicted molar refractivity (Wildman–Crippen MR) is 112 cm³/mol. The molecule has 1 amide bonds. The van der Waals surface area contributed by atoms with Gasteiger partial charge in [0.05, 0.1) is 6.54 Å². The fourth-order valence-corrected chi connectivity index (χ4v) is 3.85. The first-order valence-electron chi connectivity index (χ1n) is 10.2. The number of rotatable bonds is 7. The van der Waals surface area contributed by atoms with Gasteiger partial charge in [0.2, 0.25) is 5.91 Å². The highest BCUT2D eigenvalue weighted by Crippen LogP contribution is 2.31. The highest BCUT2D eigenvalue weighted by Gasteiger charge is 2.22. The van der Waals surface area contributed by atoms with Gasteiger partial charge in [0, 0.05) is 36.4 Å². The van der Waals surface area contributed by atoms with Crippen LogP contribution in [0.15, 0.2) is 48.7 Å². The normalized spacial score (nSPS) is 14.8. The van der Waals surface area contributed by atoms with E-state index in [1.165, 1.54) is 5.69 Å². The third kappa shape index (κ3) is 4.77. The van der Waals surface area contributed by atoms with Crippen LogP contribution in [0.3, 0.4) is 0 Å². The molecule has 4 rings (SSSR count). The van der Waals surface area contributed by atoms with E-state index in [0.29, 0.717) is 19.1 Å². The molecule has 152 valence electrons. The van der Waals surface area contributed by atoms with Crippen molar-refractivity contribution < 1.29 is 14.3 Å². The van der Waals surface area contributed by atoms with Crippen LogP contribution in [0.2, 0.25) is 0 Å². The van der Waals surface area contributed by atoms with Crippen LogP contribution in [-0.2, 0) is 16.1 Å². The SMILES string of the molecule is Cc1cnc2c(c1)cc(C1CCOCC1)n2CC(=O)NCCOc1ccccc1. The van der Waals surface area contributed by atoms with Crippen molar-refractivity contribution in [1.82, 2.24) is 14.9 Å². The molecule has 0 unspecified atom stereocenters. The van der Waals surface area contributed by atoms with Gasteiger partial charge in [0.25, 0.3) is 0 Å². The Kier molecular flexibility index (Phi) is 6.10. The minimum atomic E-state index is -0.0325. The van der Waals surface area contributed by atoms with Gasteiger partial charge in [-0.1, -0.05) is 18.2 Å². The lowest BCUT2D eigenvalue weighted by atomic mass is 9.96. The molecule has 6 nitrogen and oxygen atoms in total. The van der Waals surface area contributed by atoms with Gasteiger partial charge in [-0.3, -0.25) is 4.79 Å². The molecule has 0 radical (unpaired) electrons. The van der Waals surface area contributed by atoms with Gasteiger partial charge < -0.3 is 19.4 Å². The average Bonchev–Trinajstić information content (AvgIpc) is 3.10. The van der Waals surface area contributed by atoms with Gasteiger partial charge in [0.15, 0.2) is 0 Å². The Labute approximate surface area is 170 Å². The third-order valence-electron chi connectivity index (χ3n) is 5.28. The van der Waals surface area contributed by atoms with E-state index < -0.39 is 0 Å². The first-order valence-corrected chi connectivity index (χ1v) is 10.2. The maximum atomic E-state index is 12.6. The van der Waals surface area contributed by atoms with E-state index >= 15 is 0 Å². The van der Waals surface area contributed by atoms with E-state index in [2.05, 4.69) is 27.0 Å². The number of carbonyl (C=O) groups is 1. The minimum absolute atomic E-state index is 0.0325. The second kappa shape index (κ2) is 9.09. The minimum Gasteiger partial charge on any atom is -0.492 e. The molecule has 0 bridgehead atoms. The molecular formula is C23H27N3O3. The fourth-order valence-electron chi connectivity index (χ4n) is 3.85. The molecule has 0 saturated carbocycles. The van der Waals surface area contributed by atoms with Gasteiger partial charge >= 0.3 is 0 Å². The molecule has 29 heavy (non-hydrogen) atoms. The number of ether oxygens (including phenoxy) is 2. The maximum Gasteiger partial charge on any atom is 0.240 e. The number of hydrogen-bond donors (Lipinski definition) is 1. The van der Waals surface area contributed by atoms with E-state index in [-0.39, 0.29) is 12.5 Å². The molecule has 3 aromatic rings. The summed E-state index contributed by atoms with van der Waals surface area (Å²) in [7, 11) is 0. The van der Waals surface area contributed by atoms with Gasteiger partial charge in [0.1, 0.15) is 24.5 Å². The summed E-state index contributed by atoms with van der Waals surface area (Å²) in [5.74, 6) is 1.17. The summed E-state index contributed by atoms with van der Waals surface area (Å²) in [5.41, 5.74) is 3.17. The average molecular weight is 393 g/mol. The van der Waals surface area contributed by atoms with Gasteiger partial charge in [-0.15, -0.1) is 0 Å². The number of aryl methyl sites for hydroxylation is 1. The van der Waals surface area contributed by atoms with Crippen molar-refractivity contribution in [3.05, 3.63) is 59.9 Å². The van der Waals surface area contributed by atoms with E-state index in [4.69, 9.17) is 9.47 Å². The zero-order chi connectivity index (χ0) is 20.1. The molecule has 0 atom stereocenters. The Balaban J connectivity index is 1.43. The Morgan fingerprint density at radius 3 is 2.83 bits per heavy atom. The number of carbonyl (C=O) groups excluding carboxylic acids is 1. The van der Waals surface area contributed by atoms with Crippen molar-refractivity contribution in [3.63, 3.8) is 0 Å². The molecule has 1 fully saturated rings. The number of para-hydroxylation sites is 1. The van der Waals surface area contributed by atoms with Crippen molar-refractivity contribution in [2.75, 3.05) is 26.4 Å². The molecule has 6 heteroatoms. The molecular weight excluding hydrogens is 366 g/mol. The molecule has 1 N–H and O–H groups in total. The van der Waals surface area contributed by atoms with Gasteiger partial charge in [-0.2, -0.15) is 0 Å². The molecule has 3 heterocycles. The summed E-state index contributed by atoms with van der Waals surface area (Å²) in [5, 5.41) is 4.05. The van der Waals surface area contributed by atoms with E-state index in [1.807, 2.05) is 43.5 Å². The number of benzene rings is 1. The first-order chi connectivity index (χ1) is 14.2. The molecule has 1 aliphatic rings. The summed E-state index contributed by atoms with van der Waals surface area (Å²) in [6.45, 7) is 4.73. The lowest BCUT2D eigenvalue weighted by Crippen LogP contribution is -2.32. The van der Waals surface area contributed by atoms with Crippen LogP contribution in [0.1, 0.15) is 30.0 Å². The highest BCUT2D eigenvalue weighted by molar-refractivity contribution is 5.82. The number of fused-ring (bicyclic) bond motifs is 1. The molecule has 1 aliphatic heterocycles. The second-order valence-electron chi connectivity index (χ2n) is 7.48. The van der Waals surface area contributed by atoms with Crippen LogP contribution < -0.4 is 10.1 Å². The number of nitrogens with zero attached hydrogens (tertiary/aromatic N) is 2. The monoisotopic (exact) mass is 393 g/mol. The number of nitrogens with one attached hydrogen (secondary N) is 1. The summed E-state index contributed by atoms with van der Waals surface area (Å²) in [6, 6.07) is 13.9. The van der Waals surface area contributed by atoms with Crippen molar-refractivity contribution in [3.8, 4) is 5.75 Å². The Hall–Kier alpha value is -2.86. The molecule has 0 spiro atoms. The largest absolute Gasteiger partial charge is 0.492 e. The van der Waals surface area contributed by atoms with Crippen LogP contribution in [0.25, 0.3) is 11.0 Å². The second-order valence-corrected chi connectivity index (χ2v) is 7.48. The van der Waals surface area contributed by atoms with Gasteiger partial charge in [-0.05, 0) is 49.6 Å². The first kappa shape index (κ1) is 19.5.